The number of sulfonamides is 1. The zero-order chi connectivity index (χ0) is 23.9. The molecule has 4 rings (SSSR count). The highest BCUT2D eigenvalue weighted by atomic mass is 35.5. The lowest BCUT2D eigenvalue weighted by Crippen LogP contribution is -2.21. The van der Waals surface area contributed by atoms with Gasteiger partial charge in [0.2, 0.25) is 11.8 Å². The molecule has 0 fully saturated rings. The summed E-state index contributed by atoms with van der Waals surface area (Å²) in [7, 11) is -1.64. The van der Waals surface area contributed by atoms with Crippen molar-refractivity contribution in [1.82, 2.24) is 19.5 Å². The van der Waals surface area contributed by atoms with E-state index in [-0.39, 0.29) is 44.2 Å². The Bertz CT molecular complexity index is 1580. The summed E-state index contributed by atoms with van der Waals surface area (Å²) >= 11 is 5.87. The second-order valence-corrected chi connectivity index (χ2v) is 8.95. The minimum absolute atomic E-state index is 0.0149. The average molecular weight is 491 g/mol. The quantitative estimate of drug-likeness (QED) is 0.434. The Hall–Kier alpha value is -3.77. The number of rotatable bonds is 5. The molecule has 0 spiro atoms. The van der Waals surface area contributed by atoms with E-state index in [0.29, 0.717) is 5.39 Å². The normalized spacial score (nSPS) is 11.5. The first-order valence-corrected chi connectivity index (χ1v) is 11.1. The Morgan fingerprint density at radius 2 is 1.94 bits per heavy atom. The molecule has 0 amide bonds. The summed E-state index contributed by atoms with van der Waals surface area (Å²) in [4.78, 5) is 24.3. The number of pyridine rings is 2. The second-order valence-electron chi connectivity index (χ2n) is 6.86. The third-order valence-electron chi connectivity index (χ3n) is 4.77. The van der Waals surface area contributed by atoms with E-state index in [4.69, 9.17) is 22.1 Å². The van der Waals surface area contributed by atoms with Gasteiger partial charge in [0.1, 0.15) is 5.65 Å². The minimum Gasteiger partial charge on any atom is -0.480 e. The van der Waals surface area contributed by atoms with Crippen LogP contribution < -0.4 is 20.8 Å². The number of methoxy groups -OCH3 is 1. The van der Waals surface area contributed by atoms with E-state index in [1.54, 1.807) is 0 Å². The van der Waals surface area contributed by atoms with Crippen molar-refractivity contribution in [3.8, 4) is 17.0 Å². The molecule has 0 aliphatic heterocycles. The summed E-state index contributed by atoms with van der Waals surface area (Å²) in [6.07, 6.45) is 2.62. The molecule has 0 aliphatic rings. The Morgan fingerprint density at radius 3 is 2.67 bits per heavy atom. The van der Waals surface area contributed by atoms with Crippen LogP contribution in [0.15, 0.2) is 52.4 Å². The largest absolute Gasteiger partial charge is 0.480 e. The Labute approximate surface area is 191 Å². The molecule has 3 aromatic heterocycles. The summed E-state index contributed by atoms with van der Waals surface area (Å²) in [6.45, 7) is 0. The molecule has 0 unspecified atom stereocenters. The third-order valence-corrected chi connectivity index (χ3v) is 6.33. The topological polar surface area (TPSA) is 142 Å². The number of fused-ring (bicyclic) bond motifs is 1. The molecule has 0 saturated heterocycles. The average Bonchev–Trinajstić information content (AvgIpc) is 2.78. The van der Waals surface area contributed by atoms with E-state index in [1.807, 2.05) is 0 Å². The highest BCUT2D eigenvalue weighted by molar-refractivity contribution is 7.92. The van der Waals surface area contributed by atoms with Gasteiger partial charge in [0.15, 0.2) is 10.7 Å². The number of hydrogen-bond donors (Lipinski definition) is 2. The van der Waals surface area contributed by atoms with Gasteiger partial charge in [-0.2, -0.15) is 4.98 Å². The van der Waals surface area contributed by atoms with Crippen molar-refractivity contribution in [3.63, 3.8) is 0 Å². The van der Waals surface area contributed by atoms with Crippen LogP contribution in [0.5, 0.6) is 5.88 Å². The molecule has 0 radical (unpaired) electrons. The van der Waals surface area contributed by atoms with Gasteiger partial charge in [-0.1, -0.05) is 23.7 Å². The van der Waals surface area contributed by atoms with Crippen LogP contribution in [-0.2, 0) is 17.1 Å². The van der Waals surface area contributed by atoms with Gasteiger partial charge in [0.05, 0.1) is 23.4 Å². The van der Waals surface area contributed by atoms with Gasteiger partial charge in [0.25, 0.3) is 15.6 Å². The van der Waals surface area contributed by atoms with Crippen molar-refractivity contribution >= 4 is 44.3 Å². The summed E-state index contributed by atoms with van der Waals surface area (Å²) in [5, 5.41) is 0.495. The number of nitrogens with one attached hydrogen (secondary N) is 1. The lowest BCUT2D eigenvalue weighted by Gasteiger charge is -2.14. The zero-order valence-electron chi connectivity index (χ0n) is 17.2. The number of benzene rings is 1. The summed E-state index contributed by atoms with van der Waals surface area (Å²) in [6, 6.07) is 6.53. The molecular formula is C20H16ClFN6O4S. The van der Waals surface area contributed by atoms with Crippen LogP contribution in [0.1, 0.15) is 0 Å². The molecule has 10 nitrogen and oxygen atoms in total. The van der Waals surface area contributed by atoms with Crippen LogP contribution >= 0.6 is 11.6 Å². The molecule has 0 aliphatic carbocycles. The molecule has 0 atom stereocenters. The summed E-state index contributed by atoms with van der Waals surface area (Å²) < 4.78 is 49.6. The minimum atomic E-state index is -4.34. The van der Waals surface area contributed by atoms with Crippen molar-refractivity contribution in [1.29, 1.82) is 0 Å². The van der Waals surface area contributed by atoms with Crippen LogP contribution in [0.25, 0.3) is 22.2 Å². The van der Waals surface area contributed by atoms with Gasteiger partial charge in [-0.3, -0.25) is 14.1 Å². The Balaban J connectivity index is 1.83. The fraction of sp³-hybridized carbons (Fsp3) is 0.100. The van der Waals surface area contributed by atoms with Gasteiger partial charge in [0, 0.05) is 30.4 Å². The first-order valence-electron chi connectivity index (χ1n) is 9.26. The highest BCUT2D eigenvalue weighted by Crippen LogP contribution is 2.31. The van der Waals surface area contributed by atoms with Crippen molar-refractivity contribution < 1.29 is 17.5 Å². The predicted octanol–water partition coefficient (Wildman–Crippen LogP) is 2.57. The summed E-state index contributed by atoms with van der Waals surface area (Å²) in [5.41, 5.74) is 4.79. The van der Waals surface area contributed by atoms with Crippen LogP contribution in [0.3, 0.4) is 0 Å². The van der Waals surface area contributed by atoms with E-state index in [2.05, 4.69) is 19.7 Å². The van der Waals surface area contributed by atoms with E-state index in [0.717, 1.165) is 6.07 Å². The lowest BCUT2D eigenvalue weighted by atomic mass is 10.0. The first-order chi connectivity index (χ1) is 15.6. The number of nitrogens with two attached hydrogens (primary N) is 1. The molecule has 0 bridgehead atoms. The maximum Gasteiger partial charge on any atom is 0.267 e. The zero-order valence-corrected chi connectivity index (χ0v) is 18.8. The van der Waals surface area contributed by atoms with Crippen molar-refractivity contribution in [2.45, 2.75) is 4.90 Å². The van der Waals surface area contributed by atoms with E-state index in [9.17, 15) is 13.2 Å². The molecule has 1 aromatic carbocycles. The predicted molar refractivity (Wildman–Crippen MR) is 121 cm³/mol. The van der Waals surface area contributed by atoms with Gasteiger partial charge in [-0.15, -0.1) is 0 Å². The van der Waals surface area contributed by atoms with Crippen molar-refractivity contribution in [2.24, 2.45) is 7.05 Å². The standard InChI is InChI=1S/C20H16ClFN6O4S/c1-28-17-10(8-25-20(23)26-17)6-13(19(28)29)12-4-3-5-14(16(12)22)27-33(30,31)15-7-11(21)9-24-18(15)32-2/h3-9,27H,1-2H3,(H2,23,25,26). The number of nitrogen functional groups attached to an aromatic ring is 1. The lowest BCUT2D eigenvalue weighted by molar-refractivity contribution is 0.385. The van der Waals surface area contributed by atoms with Crippen LogP contribution in [0.4, 0.5) is 16.0 Å². The molecule has 3 heterocycles. The number of nitrogens with zero attached hydrogens (tertiary/aromatic N) is 4. The van der Waals surface area contributed by atoms with Crippen LogP contribution in [0, 0.1) is 5.82 Å². The second kappa shape index (κ2) is 8.30. The summed E-state index contributed by atoms with van der Waals surface area (Å²) in [5.74, 6) is -1.19. The number of hydrogen-bond acceptors (Lipinski definition) is 8. The number of aromatic nitrogens is 4. The first kappa shape index (κ1) is 22.4. The van der Waals surface area contributed by atoms with Crippen LogP contribution in [-0.4, -0.2) is 35.0 Å². The maximum atomic E-state index is 15.4. The maximum absolute atomic E-state index is 15.4. The Kier molecular flexibility index (Phi) is 5.64. The Morgan fingerprint density at radius 1 is 1.18 bits per heavy atom. The molecule has 4 aromatic rings. The third kappa shape index (κ3) is 4.05. The fourth-order valence-corrected chi connectivity index (χ4v) is 4.65. The van der Waals surface area contributed by atoms with Crippen LogP contribution in [0.2, 0.25) is 5.02 Å². The number of ether oxygens (including phenoxy) is 1. The molecular weight excluding hydrogens is 475 g/mol. The molecule has 170 valence electrons. The van der Waals surface area contributed by atoms with E-state index >= 15 is 4.39 Å². The highest BCUT2D eigenvalue weighted by Gasteiger charge is 2.24. The molecule has 13 heteroatoms. The number of anilines is 2. The monoisotopic (exact) mass is 490 g/mol. The molecule has 3 N–H and O–H groups in total. The smallest absolute Gasteiger partial charge is 0.267 e. The van der Waals surface area contributed by atoms with Gasteiger partial charge >= 0.3 is 0 Å². The van der Waals surface area contributed by atoms with Crippen molar-refractivity contribution in [2.75, 3.05) is 17.6 Å². The molecule has 33 heavy (non-hydrogen) atoms. The molecule has 0 saturated carbocycles. The van der Waals surface area contributed by atoms with Gasteiger partial charge < -0.3 is 10.5 Å². The van der Waals surface area contributed by atoms with Gasteiger partial charge in [-0.05, 0) is 18.2 Å². The fourth-order valence-electron chi connectivity index (χ4n) is 3.23. The van der Waals surface area contributed by atoms with E-state index in [1.165, 1.54) is 55.4 Å². The number of aryl methyl sites for hydroxylation is 1. The SMILES string of the molecule is COc1ncc(Cl)cc1S(=O)(=O)Nc1cccc(-c2cc3cnc(N)nc3n(C)c2=O)c1F. The van der Waals surface area contributed by atoms with Gasteiger partial charge in [-0.25, -0.2) is 22.8 Å². The van der Waals surface area contributed by atoms with Crippen molar-refractivity contribution in [3.05, 3.63) is 63.9 Å². The van der Waals surface area contributed by atoms with E-state index < -0.39 is 21.4 Å². The number of halogens is 2.